The molecule has 136 valence electrons. The first kappa shape index (κ1) is 21.7. The number of nitro groups is 1. The lowest BCUT2D eigenvalue weighted by atomic mass is 10.2. The minimum Gasteiger partial charge on any atom is -0.301 e. The van der Waals surface area contributed by atoms with E-state index in [9.17, 15) is 19.1 Å². The topological polar surface area (TPSA) is 93.5 Å². The van der Waals surface area contributed by atoms with Crippen molar-refractivity contribution in [3.05, 3.63) is 39.7 Å². The molecule has 1 rings (SSSR count). The van der Waals surface area contributed by atoms with Gasteiger partial charge in [-0.3, -0.25) is 14.7 Å². The second-order valence-corrected chi connectivity index (χ2v) is 10.3. The molecule has 0 radical (unpaired) electrons. The van der Waals surface area contributed by atoms with Crippen molar-refractivity contribution < 1.29 is 18.4 Å². The summed E-state index contributed by atoms with van der Waals surface area (Å²) in [5.41, 5.74) is -0.264. The van der Waals surface area contributed by atoms with Gasteiger partial charge in [-0.15, -0.1) is 0 Å². The Hall–Kier alpha value is -0.380. The first-order valence-electron chi connectivity index (χ1n) is 7.09. The molecule has 1 aromatic rings. The van der Waals surface area contributed by atoms with Crippen LogP contribution >= 0.6 is 39.5 Å². The zero-order valence-electron chi connectivity index (χ0n) is 13.2. The Morgan fingerprint density at radius 1 is 1.29 bits per heavy atom. The van der Waals surface area contributed by atoms with Crippen LogP contribution in [0.4, 0.5) is 10.1 Å². The third kappa shape index (κ3) is 7.67. The number of nitro benzene ring substituents is 1. The Balaban J connectivity index is 2.77. The quantitative estimate of drug-likeness (QED) is 0.222. The maximum absolute atomic E-state index is 13.6. The van der Waals surface area contributed by atoms with Crippen molar-refractivity contribution >= 4 is 45.2 Å². The van der Waals surface area contributed by atoms with Crippen LogP contribution in [0.1, 0.15) is 19.4 Å². The first-order valence-corrected chi connectivity index (χ1v) is 10.5. The maximum Gasteiger partial charge on any atom is 0.341 e. The Kier molecular flexibility index (Phi) is 8.97. The molecule has 24 heavy (non-hydrogen) atoms. The minimum absolute atomic E-state index is 0.0782. The molecule has 0 aliphatic carbocycles. The van der Waals surface area contributed by atoms with E-state index in [1.54, 1.807) is 0 Å². The summed E-state index contributed by atoms with van der Waals surface area (Å²) in [5, 5.41) is 16.2. The highest BCUT2D eigenvalue weighted by Gasteiger charge is 2.24. The van der Waals surface area contributed by atoms with Crippen LogP contribution in [0.15, 0.2) is 18.2 Å². The molecule has 0 saturated heterocycles. The van der Waals surface area contributed by atoms with Gasteiger partial charge in [-0.05, 0) is 17.7 Å². The number of nitrogens with zero attached hydrogens (tertiary/aromatic N) is 1. The lowest BCUT2D eigenvalue weighted by Gasteiger charge is -2.22. The van der Waals surface area contributed by atoms with Gasteiger partial charge in [0.2, 0.25) is 5.82 Å². The average Bonchev–Trinajstić information content (AvgIpc) is 2.49. The van der Waals surface area contributed by atoms with Gasteiger partial charge in [0.05, 0.1) is 11.5 Å². The van der Waals surface area contributed by atoms with Crippen LogP contribution in [0.5, 0.6) is 0 Å². The zero-order valence-corrected chi connectivity index (χ0v) is 17.2. The molecule has 0 spiro atoms. The van der Waals surface area contributed by atoms with E-state index in [1.807, 2.05) is 13.8 Å². The van der Waals surface area contributed by atoms with Crippen LogP contribution < -0.4 is 10.2 Å². The number of alkyl halides is 2. The summed E-state index contributed by atoms with van der Waals surface area (Å²) >= 11 is 6.69. The van der Waals surface area contributed by atoms with E-state index in [4.69, 9.17) is 4.52 Å². The van der Waals surface area contributed by atoms with Crippen molar-refractivity contribution in [3.8, 4) is 0 Å². The summed E-state index contributed by atoms with van der Waals surface area (Å²) in [4.78, 5) is 9.96. The standard InChI is InChI=1S/C13H19Br2FN3O4P/c1-9(14)6-17-24(22,18-7-10(2)15)23-8-11-3-4-13(19(20)21)12(16)5-11/h3-5,9-10H,6-8H2,1-2H3,(H2,17,18,22). The van der Waals surface area contributed by atoms with Crippen molar-refractivity contribution in [2.75, 3.05) is 13.1 Å². The monoisotopic (exact) mass is 489 g/mol. The van der Waals surface area contributed by atoms with Gasteiger partial charge in [0.25, 0.3) is 0 Å². The maximum atomic E-state index is 13.6. The van der Waals surface area contributed by atoms with Crippen molar-refractivity contribution in [2.24, 2.45) is 0 Å². The van der Waals surface area contributed by atoms with Gasteiger partial charge < -0.3 is 4.52 Å². The number of benzene rings is 1. The molecule has 2 unspecified atom stereocenters. The van der Waals surface area contributed by atoms with E-state index < -0.39 is 24.1 Å². The summed E-state index contributed by atoms with van der Waals surface area (Å²) in [7, 11) is -3.35. The summed E-state index contributed by atoms with van der Waals surface area (Å²) in [6.07, 6.45) is 0. The predicted octanol–water partition coefficient (Wildman–Crippen LogP) is 4.10. The number of nitrogens with one attached hydrogen (secondary N) is 2. The predicted molar refractivity (Wildman–Crippen MR) is 98.2 cm³/mol. The Bertz CT molecular complexity index is 603. The van der Waals surface area contributed by atoms with E-state index >= 15 is 0 Å². The highest BCUT2D eigenvalue weighted by atomic mass is 79.9. The largest absolute Gasteiger partial charge is 0.341 e. The van der Waals surface area contributed by atoms with Crippen molar-refractivity contribution in [3.63, 3.8) is 0 Å². The smallest absolute Gasteiger partial charge is 0.301 e. The number of halogens is 3. The molecule has 0 amide bonds. The highest BCUT2D eigenvalue weighted by Crippen LogP contribution is 2.39. The molecular formula is C13H19Br2FN3O4P. The fourth-order valence-corrected chi connectivity index (χ4v) is 4.07. The SMILES string of the molecule is CC(Br)CNP(=O)(NCC(C)Br)OCc1ccc([N+](=O)[O-])c(F)c1. The third-order valence-corrected chi connectivity index (χ3v) is 5.12. The van der Waals surface area contributed by atoms with Crippen LogP contribution in [0.25, 0.3) is 0 Å². The minimum atomic E-state index is -3.35. The Morgan fingerprint density at radius 3 is 2.25 bits per heavy atom. The average molecular weight is 491 g/mol. The summed E-state index contributed by atoms with van der Waals surface area (Å²) in [6, 6.07) is 3.43. The normalized spacial score (nSPS) is 16.4. The fraction of sp³-hybridized carbons (Fsp3) is 0.538. The van der Waals surface area contributed by atoms with Crippen LogP contribution in [0.2, 0.25) is 0 Å². The molecule has 2 N–H and O–H groups in total. The number of hydrogen-bond donors (Lipinski definition) is 2. The summed E-state index contributed by atoms with van der Waals surface area (Å²) in [6.45, 7) is 4.41. The van der Waals surface area contributed by atoms with Gasteiger partial charge in [0, 0.05) is 28.8 Å². The van der Waals surface area contributed by atoms with Crippen molar-refractivity contribution in [1.29, 1.82) is 0 Å². The molecule has 0 fully saturated rings. The van der Waals surface area contributed by atoms with Crippen LogP contribution in [0.3, 0.4) is 0 Å². The van der Waals surface area contributed by atoms with Crippen LogP contribution in [-0.2, 0) is 15.7 Å². The second-order valence-electron chi connectivity index (χ2n) is 5.15. The van der Waals surface area contributed by atoms with Crippen molar-refractivity contribution in [1.82, 2.24) is 10.2 Å². The van der Waals surface area contributed by atoms with Gasteiger partial charge in [-0.25, -0.2) is 10.2 Å². The van der Waals surface area contributed by atoms with Gasteiger partial charge >= 0.3 is 13.4 Å². The molecule has 0 aliphatic heterocycles. The fourth-order valence-electron chi connectivity index (χ4n) is 1.59. The van der Waals surface area contributed by atoms with Gasteiger partial charge in [-0.2, -0.15) is 4.39 Å². The van der Waals surface area contributed by atoms with Crippen LogP contribution in [-0.4, -0.2) is 27.7 Å². The lowest BCUT2D eigenvalue weighted by Crippen LogP contribution is -2.30. The van der Waals surface area contributed by atoms with E-state index in [0.717, 1.165) is 12.1 Å². The molecule has 0 saturated carbocycles. The van der Waals surface area contributed by atoms with Gasteiger partial charge in [0.15, 0.2) is 0 Å². The molecule has 7 nitrogen and oxygen atoms in total. The molecule has 0 bridgehead atoms. The van der Waals surface area contributed by atoms with Gasteiger partial charge in [0.1, 0.15) is 0 Å². The number of hydrogen-bond acceptors (Lipinski definition) is 4. The van der Waals surface area contributed by atoms with Crippen LogP contribution in [0, 0.1) is 15.9 Å². The Labute approximate surface area is 156 Å². The van der Waals surface area contributed by atoms with E-state index in [-0.39, 0.29) is 16.3 Å². The molecule has 0 aliphatic rings. The molecule has 2 atom stereocenters. The summed E-state index contributed by atoms with van der Waals surface area (Å²) < 4.78 is 31.8. The lowest BCUT2D eigenvalue weighted by molar-refractivity contribution is -0.387. The molecule has 1 aromatic carbocycles. The molecular weight excluding hydrogens is 472 g/mol. The third-order valence-electron chi connectivity index (χ3n) is 2.78. The Morgan fingerprint density at radius 2 is 1.83 bits per heavy atom. The van der Waals surface area contributed by atoms with E-state index in [1.165, 1.54) is 6.07 Å². The van der Waals surface area contributed by atoms with Crippen molar-refractivity contribution in [2.45, 2.75) is 30.1 Å². The van der Waals surface area contributed by atoms with E-state index in [2.05, 4.69) is 42.0 Å². The first-order chi connectivity index (χ1) is 11.1. The molecule has 0 aromatic heterocycles. The van der Waals surface area contributed by atoms with Gasteiger partial charge in [-0.1, -0.05) is 45.7 Å². The zero-order chi connectivity index (χ0) is 18.3. The van der Waals surface area contributed by atoms with E-state index in [0.29, 0.717) is 18.7 Å². The molecule has 0 heterocycles. The molecule has 11 heteroatoms. The summed E-state index contributed by atoms with van der Waals surface area (Å²) in [5.74, 6) is -0.958. The highest BCUT2D eigenvalue weighted by molar-refractivity contribution is 9.09. The number of rotatable bonds is 10. The second kappa shape index (κ2) is 9.94.